The first kappa shape index (κ1) is 23.2. The molecule has 32 heavy (non-hydrogen) atoms. The van der Waals surface area contributed by atoms with Gasteiger partial charge in [0.05, 0.1) is 11.6 Å². The van der Waals surface area contributed by atoms with E-state index < -0.39 is 0 Å². The molecule has 162 valence electrons. The Labute approximate surface area is 191 Å². The van der Waals surface area contributed by atoms with Gasteiger partial charge in [0.25, 0.3) is 0 Å². The monoisotopic (exact) mass is 421 g/mol. The third-order valence-electron chi connectivity index (χ3n) is 5.63. The van der Waals surface area contributed by atoms with Crippen LogP contribution in [0.5, 0.6) is 0 Å². The number of hydrogen-bond acceptors (Lipinski definition) is 2. The molecular formula is C30H31NO. The van der Waals surface area contributed by atoms with E-state index in [0.29, 0.717) is 0 Å². The summed E-state index contributed by atoms with van der Waals surface area (Å²) in [6, 6.07) is 26.6. The molecule has 2 nitrogen and oxygen atoms in total. The Hall–Kier alpha value is -3.44. The SMILES string of the molecule is CC(C)(C)c1cc(C#N)cc2ccccc12.CC(C)(C)c1cc(C=O)cc2ccccc12. The van der Waals surface area contributed by atoms with Gasteiger partial charge in [-0.15, -0.1) is 0 Å². The Balaban J connectivity index is 0.000000181. The molecule has 0 saturated carbocycles. The van der Waals surface area contributed by atoms with E-state index in [1.54, 1.807) is 0 Å². The topological polar surface area (TPSA) is 40.9 Å². The maximum Gasteiger partial charge on any atom is 0.150 e. The fraction of sp³-hybridized carbons (Fsp3) is 0.267. The van der Waals surface area contributed by atoms with Crippen molar-refractivity contribution < 1.29 is 4.79 Å². The molecule has 0 heterocycles. The van der Waals surface area contributed by atoms with Crippen LogP contribution in [-0.4, -0.2) is 6.29 Å². The van der Waals surface area contributed by atoms with E-state index in [2.05, 4.69) is 71.9 Å². The van der Waals surface area contributed by atoms with Crippen molar-refractivity contribution in [2.75, 3.05) is 0 Å². The second-order valence-corrected chi connectivity index (χ2v) is 10.3. The molecule has 4 rings (SSSR count). The van der Waals surface area contributed by atoms with Crippen LogP contribution in [0.15, 0.2) is 72.8 Å². The van der Waals surface area contributed by atoms with E-state index in [-0.39, 0.29) is 10.8 Å². The average molecular weight is 422 g/mol. The number of rotatable bonds is 1. The number of aldehydes is 1. The zero-order valence-corrected chi connectivity index (χ0v) is 19.9. The predicted molar refractivity (Wildman–Crippen MR) is 135 cm³/mol. The zero-order valence-electron chi connectivity index (χ0n) is 19.9. The normalized spacial score (nSPS) is 11.5. The lowest BCUT2D eigenvalue weighted by atomic mass is 9.83. The van der Waals surface area contributed by atoms with Gasteiger partial charge in [-0.05, 0) is 67.8 Å². The van der Waals surface area contributed by atoms with Crippen LogP contribution in [0, 0.1) is 11.3 Å². The third kappa shape index (κ3) is 5.06. The second kappa shape index (κ2) is 8.97. The molecule has 0 N–H and O–H groups in total. The summed E-state index contributed by atoms with van der Waals surface area (Å²) < 4.78 is 0. The minimum Gasteiger partial charge on any atom is -0.298 e. The third-order valence-corrected chi connectivity index (χ3v) is 5.63. The maximum atomic E-state index is 10.9. The first-order valence-electron chi connectivity index (χ1n) is 11.0. The van der Waals surface area contributed by atoms with Crippen LogP contribution < -0.4 is 0 Å². The maximum absolute atomic E-state index is 10.9. The molecule has 0 unspecified atom stereocenters. The number of hydrogen-bond donors (Lipinski definition) is 0. The molecule has 0 aliphatic heterocycles. The Morgan fingerprint density at radius 2 is 1.16 bits per heavy atom. The van der Waals surface area contributed by atoms with E-state index in [0.717, 1.165) is 28.2 Å². The molecule has 0 spiro atoms. The summed E-state index contributed by atoms with van der Waals surface area (Å²) in [5, 5.41) is 13.8. The highest BCUT2D eigenvalue weighted by molar-refractivity contribution is 5.92. The first-order valence-corrected chi connectivity index (χ1v) is 11.0. The molecule has 0 aromatic heterocycles. The summed E-state index contributed by atoms with van der Waals surface area (Å²) in [6.07, 6.45) is 0.918. The van der Waals surface area contributed by atoms with Gasteiger partial charge in [0.1, 0.15) is 6.29 Å². The molecule has 0 radical (unpaired) electrons. The summed E-state index contributed by atoms with van der Waals surface area (Å²) in [4.78, 5) is 10.9. The number of fused-ring (bicyclic) bond motifs is 2. The van der Waals surface area contributed by atoms with Crippen LogP contribution in [-0.2, 0) is 10.8 Å². The van der Waals surface area contributed by atoms with Crippen LogP contribution in [0.3, 0.4) is 0 Å². The van der Waals surface area contributed by atoms with Crippen molar-refractivity contribution in [3.63, 3.8) is 0 Å². The highest BCUT2D eigenvalue weighted by Crippen LogP contribution is 2.32. The first-order chi connectivity index (χ1) is 15.0. The highest BCUT2D eigenvalue weighted by Gasteiger charge is 2.18. The molecular weight excluding hydrogens is 390 g/mol. The van der Waals surface area contributed by atoms with Crippen LogP contribution in [0.25, 0.3) is 21.5 Å². The number of nitriles is 1. The van der Waals surface area contributed by atoms with Crippen LogP contribution >= 0.6 is 0 Å². The Morgan fingerprint density at radius 3 is 1.62 bits per heavy atom. The van der Waals surface area contributed by atoms with Gasteiger partial charge in [0, 0.05) is 5.56 Å². The summed E-state index contributed by atoms with van der Waals surface area (Å²) >= 11 is 0. The highest BCUT2D eigenvalue weighted by atomic mass is 16.1. The second-order valence-electron chi connectivity index (χ2n) is 10.3. The summed E-state index contributed by atoms with van der Waals surface area (Å²) in [7, 11) is 0. The van der Waals surface area contributed by atoms with E-state index in [1.165, 1.54) is 21.9 Å². The molecule has 0 fully saturated rings. The van der Waals surface area contributed by atoms with Gasteiger partial charge in [-0.3, -0.25) is 4.79 Å². The number of nitrogens with zero attached hydrogens (tertiary/aromatic N) is 1. The van der Waals surface area contributed by atoms with Crippen molar-refractivity contribution in [2.24, 2.45) is 0 Å². The molecule has 0 atom stereocenters. The molecule has 4 aromatic rings. The van der Waals surface area contributed by atoms with E-state index >= 15 is 0 Å². The minimum atomic E-state index is 0.0542. The standard InChI is InChI=1S/C15H15N.C15H16O/c2*1-15(2,3)14-9-11(10-16)8-12-6-4-5-7-13(12)14/h4-9H,1-3H3;4-10H,1-3H3. The molecule has 0 saturated heterocycles. The number of benzene rings is 4. The number of carbonyl (C=O) groups excluding carboxylic acids is 1. The van der Waals surface area contributed by atoms with Crippen LogP contribution in [0.4, 0.5) is 0 Å². The lowest BCUT2D eigenvalue weighted by molar-refractivity contribution is 0.112. The Bertz CT molecular complexity index is 1310. The van der Waals surface area contributed by atoms with Gasteiger partial charge in [-0.2, -0.15) is 5.26 Å². The predicted octanol–water partition coefficient (Wildman–Crippen LogP) is 7.96. The molecule has 0 bridgehead atoms. The quantitative estimate of drug-likeness (QED) is 0.292. The van der Waals surface area contributed by atoms with Gasteiger partial charge in [-0.25, -0.2) is 0 Å². The van der Waals surface area contributed by atoms with Crippen LogP contribution in [0.2, 0.25) is 0 Å². The Kier molecular flexibility index (Phi) is 6.51. The summed E-state index contributed by atoms with van der Waals surface area (Å²) in [6.45, 7) is 13.0. The zero-order chi connectivity index (χ0) is 23.5. The van der Waals surface area contributed by atoms with Crippen molar-refractivity contribution in [2.45, 2.75) is 52.4 Å². The summed E-state index contributed by atoms with van der Waals surface area (Å²) in [5.41, 5.74) is 4.08. The lowest BCUT2D eigenvalue weighted by Gasteiger charge is -2.22. The van der Waals surface area contributed by atoms with Crippen LogP contribution in [0.1, 0.15) is 68.6 Å². The summed E-state index contributed by atoms with van der Waals surface area (Å²) in [5.74, 6) is 0. The molecule has 0 aliphatic carbocycles. The largest absolute Gasteiger partial charge is 0.298 e. The fourth-order valence-corrected chi connectivity index (χ4v) is 4.02. The van der Waals surface area contributed by atoms with E-state index in [4.69, 9.17) is 5.26 Å². The van der Waals surface area contributed by atoms with Gasteiger partial charge in [0.15, 0.2) is 0 Å². The lowest BCUT2D eigenvalue weighted by Crippen LogP contribution is -2.12. The molecule has 0 amide bonds. The van der Waals surface area contributed by atoms with Crippen molar-refractivity contribution in [1.82, 2.24) is 0 Å². The van der Waals surface area contributed by atoms with E-state index in [1.807, 2.05) is 48.5 Å². The molecule has 0 aliphatic rings. The van der Waals surface area contributed by atoms with Gasteiger partial charge >= 0.3 is 0 Å². The van der Waals surface area contributed by atoms with Crippen molar-refractivity contribution in [3.8, 4) is 6.07 Å². The molecule has 2 heteroatoms. The Morgan fingerprint density at radius 1 is 0.688 bits per heavy atom. The van der Waals surface area contributed by atoms with Crippen molar-refractivity contribution in [3.05, 3.63) is 95.1 Å². The van der Waals surface area contributed by atoms with Gasteiger partial charge in [0.2, 0.25) is 0 Å². The molecule has 4 aromatic carbocycles. The van der Waals surface area contributed by atoms with Crippen molar-refractivity contribution >= 4 is 27.8 Å². The van der Waals surface area contributed by atoms with Crippen molar-refractivity contribution in [1.29, 1.82) is 5.26 Å². The van der Waals surface area contributed by atoms with Gasteiger partial charge in [-0.1, -0.05) is 90.1 Å². The fourth-order valence-electron chi connectivity index (χ4n) is 4.02. The van der Waals surface area contributed by atoms with Gasteiger partial charge < -0.3 is 0 Å². The number of carbonyl (C=O) groups is 1. The average Bonchev–Trinajstić information content (AvgIpc) is 2.76. The minimum absolute atomic E-state index is 0.0542. The van der Waals surface area contributed by atoms with E-state index in [9.17, 15) is 4.79 Å². The smallest absolute Gasteiger partial charge is 0.150 e.